The summed E-state index contributed by atoms with van der Waals surface area (Å²) >= 11 is 0. The molecule has 1 amide bonds. The number of fused-ring (bicyclic) bond motifs is 1. The lowest BCUT2D eigenvalue weighted by atomic mass is 10.1. The second-order valence-corrected chi connectivity index (χ2v) is 7.15. The van der Waals surface area contributed by atoms with Crippen molar-refractivity contribution in [2.75, 3.05) is 6.61 Å². The molecule has 4 rings (SSSR count). The Morgan fingerprint density at radius 2 is 2.10 bits per heavy atom. The lowest BCUT2D eigenvalue weighted by molar-refractivity contribution is 0.0993. The van der Waals surface area contributed by atoms with Crippen molar-refractivity contribution < 1.29 is 14.6 Å². The zero-order chi connectivity index (χ0) is 21.1. The monoisotopic (exact) mass is 405 g/mol. The van der Waals surface area contributed by atoms with Gasteiger partial charge in [0.1, 0.15) is 17.3 Å². The predicted molar refractivity (Wildman–Crippen MR) is 113 cm³/mol. The molecule has 8 nitrogen and oxygen atoms in total. The highest BCUT2D eigenvalue weighted by Crippen LogP contribution is 2.25. The van der Waals surface area contributed by atoms with Gasteiger partial charge in [-0.1, -0.05) is 24.3 Å². The molecule has 0 saturated carbocycles. The summed E-state index contributed by atoms with van der Waals surface area (Å²) in [6.45, 7) is 2.07. The van der Waals surface area contributed by atoms with Crippen LogP contribution < -0.4 is 10.5 Å². The van der Waals surface area contributed by atoms with Crippen LogP contribution in [-0.4, -0.2) is 43.2 Å². The molecule has 4 N–H and O–H groups in total. The van der Waals surface area contributed by atoms with E-state index in [-0.39, 0.29) is 11.7 Å². The van der Waals surface area contributed by atoms with Gasteiger partial charge in [-0.3, -0.25) is 4.79 Å². The lowest BCUT2D eigenvalue weighted by Gasteiger charge is -2.21. The van der Waals surface area contributed by atoms with Gasteiger partial charge in [0, 0.05) is 18.2 Å². The average Bonchev–Trinajstić information content (AvgIpc) is 3.38. The number of H-pyrrole nitrogens is 1. The van der Waals surface area contributed by atoms with Crippen LogP contribution in [0.25, 0.3) is 22.4 Å². The van der Waals surface area contributed by atoms with Crippen molar-refractivity contribution in [3.8, 4) is 17.1 Å². The molecule has 4 aromatic rings. The number of aromatic nitrogens is 4. The topological polar surface area (TPSA) is 119 Å². The molecule has 2 heterocycles. The minimum absolute atomic E-state index is 0.167. The standard InChI is InChI=1S/C22H23N5O3/c1-14(28)20(27-12-19(21(23)29)24-13-27)9-10-30-16-6-4-5-15(11-16)22-25-17-7-2-3-8-18(17)26-22/h2-8,11-14,20,28H,9-10H2,1H3,(H2,23,29)(H,25,26). The maximum absolute atomic E-state index is 11.3. The summed E-state index contributed by atoms with van der Waals surface area (Å²) in [6.07, 6.45) is 2.92. The molecule has 8 heteroatoms. The first kappa shape index (κ1) is 19.7. The summed E-state index contributed by atoms with van der Waals surface area (Å²) in [4.78, 5) is 23.2. The van der Waals surface area contributed by atoms with E-state index in [0.717, 1.165) is 22.4 Å². The number of hydrogen-bond acceptors (Lipinski definition) is 5. The Kier molecular flexibility index (Phi) is 5.49. The van der Waals surface area contributed by atoms with Crippen molar-refractivity contribution in [3.05, 3.63) is 66.7 Å². The summed E-state index contributed by atoms with van der Waals surface area (Å²) in [5.74, 6) is 0.887. The smallest absolute Gasteiger partial charge is 0.268 e. The number of aromatic amines is 1. The number of nitrogens with two attached hydrogens (primary N) is 1. The highest BCUT2D eigenvalue weighted by Gasteiger charge is 2.19. The van der Waals surface area contributed by atoms with Gasteiger partial charge in [0.2, 0.25) is 0 Å². The lowest BCUT2D eigenvalue weighted by Crippen LogP contribution is -2.23. The largest absolute Gasteiger partial charge is 0.493 e. The van der Waals surface area contributed by atoms with E-state index in [1.165, 1.54) is 6.33 Å². The van der Waals surface area contributed by atoms with Crippen LogP contribution >= 0.6 is 0 Å². The number of ether oxygens (including phenoxy) is 1. The van der Waals surface area contributed by atoms with Crippen molar-refractivity contribution in [2.24, 2.45) is 5.73 Å². The van der Waals surface area contributed by atoms with Gasteiger partial charge in [-0.05, 0) is 31.2 Å². The van der Waals surface area contributed by atoms with E-state index < -0.39 is 12.0 Å². The van der Waals surface area contributed by atoms with E-state index in [1.807, 2.05) is 48.5 Å². The molecule has 2 aromatic heterocycles. The van der Waals surface area contributed by atoms with Gasteiger partial charge in [0.15, 0.2) is 0 Å². The number of para-hydroxylation sites is 2. The van der Waals surface area contributed by atoms with Crippen LogP contribution in [0, 0.1) is 0 Å². The number of benzene rings is 2. The molecular weight excluding hydrogens is 382 g/mol. The summed E-state index contributed by atoms with van der Waals surface area (Å²) in [5.41, 5.74) is 8.24. The van der Waals surface area contributed by atoms with E-state index in [2.05, 4.69) is 15.0 Å². The zero-order valence-electron chi connectivity index (χ0n) is 16.5. The van der Waals surface area contributed by atoms with Crippen LogP contribution in [0.5, 0.6) is 5.75 Å². The molecule has 154 valence electrons. The minimum Gasteiger partial charge on any atom is -0.493 e. The third-order valence-electron chi connectivity index (χ3n) is 4.97. The first-order valence-electron chi connectivity index (χ1n) is 9.70. The number of nitrogens with zero attached hydrogens (tertiary/aromatic N) is 3. The number of rotatable bonds is 8. The molecule has 0 aliphatic rings. The summed E-state index contributed by atoms with van der Waals surface area (Å²) in [7, 11) is 0. The second-order valence-electron chi connectivity index (χ2n) is 7.15. The van der Waals surface area contributed by atoms with Crippen LogP contribution in [0.4, 0.5) is 0 Å². The maximum atomic E-state index is 11.3. The van der Waals surface area contributed by atoms with Gasteiger partial charge in [-0.25, -0.2) is 9.97 Å². The summed E-state index contributed by atoms with van der Waals surface area (Å²) in [6, 6.07) is 15.3. The first-order chi connectivity index (χ1) is 14.5. The molecule has 0 saturated heterocycles. The number of imidazole rings is 2. The third-order valence-corrected chi connectivity index (χ3v) is 4.97. The van der Waals surface area contributed by atoms with Gasteiger partial charge in [0.25, 0.3) is 5.91 Å². The Bertz CT molecular complexity index is 1130. The first-order valence-corrected chi connectivity index (χ1v) is 9.70. The Hall–Kier alpha value is -3.65. The zero-order valence-corrected chi connectivity index (χ0v) is 16.5. The number of hydrogen-bond donors (Lipinski definition) is 3. The average molecular weight is 405 g/mol. The molecule has 0 aliphatic carbocycles. The van der Waals surface area contributed by atoms with Crippen LogP contribution in [0.15, 0.2) is 61.1 Å². The SMILES string of the molecule is CC(O)C(CCOc1cccc(-c2nc3ccccc3[nH]2)c1)n1cnc(C(N)=O)c1. The molecular formula is C22H23N5O3. The number of carbonyl (C=O) groups excluding carboxylic acids is 1. The van der Waals surface area contributed by atoms with E-state index in [1.54, 1.807) is 17.7 Å². The van der Waals surface area contributed by atoms with Crippen molar-refractivity contribution in [3.63, 3.8) is 0 Å². The van der Waals surface area contributed by atoms with Crippen LogP contribution in [-0.2, 0) is 0 Å². The molecule has 0 aliphatic heterocycles. The fourth-order valence-corrected chi connectivity index (χ4v) is 3.40. The maximum Gasteiger partial charge on any atom is 0.268 e. The number of primary amides is 1. The van der Waals surface area contributed by atoms with E-state index >= 15 is 0 Å². The van der Waals surface area contributed by atoms with Crippen molar-refractivity contribution >= 4 is 16.9 Å². The molecule has 2 unspecified atom stereocenters. The van der Waals surface area contributed by atoms with E-state index in [9.17, 15) is 9.90 Å². The van der Waals surface area contributed by atoms with Gasteiger partial charge in [-0.2, -0.15) is 0 Å². The fraction of sp³-hybridized carbons (Fsp3) is 0.227. The fourth-order valence-electron chi connectivity index (χ4n) is 3.40. The van der Waals surface area contributed by atoms with Crippen LogP contribution in [0.1, 0.15) is 29.9 Å². The highest BCUT2D eigenvalue weighted by molar-refractivity contribution is 5.90. The Morgan fingerprint density at radius 1 is 1.27 bits per heavy atom. The Morgan fingerprint density at radius 3 is 2.83 bits per heavy atom. The summed E-state index contributed by atoms with van der Waals surface area (Å²) < 4.78 is 7.61. The molecule has 0 radical (unpaired) electrons. The molecule has 0 spiro atoms. The molecule has 2 aromatic carbocycles. The van der Waals surface area contributed by atoms with Crippen molar-refractivity contribution in [1.82, 2.24) is 19.5 Å². The second kappa shape index (κ2) is 8.38. The number of aliphatic hydroxyl groups is 1. The number of aliphatic hydroxyl groups excluding tert-OH is 1. The molecule has 0 fully saturated rings. The molecule has 0 bridgehead atoms. The van der Waals surface area contributed by atoms with Crippen LogP contribution in [0.3, 0.4) is 0 Å². The molecule has 30 heavy (non-hydrogen) atoms. The summed E-state index contributed by atoms with van der Waals surface area (Å²) in [5, 5.41) is 10.1. The van der Waals surface area contributed by atoms with E-state index in [4.69, 9.17) is 10.5 Å². The number of carbonyl (C=O) groups is 1. The van der Waals surface area contributed by atoms with Crippen LogP contribution in [0.2, 0.25) is 0 Å². The Labute approximate surface area is 173 Å². The number of amides is 1. The van der Waals surface area contributed by atoms with Crippen molar-refractivity contribution in [1.29, 1.82) is 0 Å². The predicted octanol–water partition coefficient (Wildman–Crippen LogP) is 2.92. The highest BCUT2D eigenvalue weighted by atomic mass is 16.5. The van der Waals surface area contributed by atoms with Gasteiger partial charge in [0.05, 0.1) is 36.1 Å². The quantitative estimate of drug-likeness (QED) is 0.416. The normalized spacial score (nSPS) is 13.3. The molecule has 2 atom stereocenters. The van der Waals surface area contributed by atoms with Crippen molar-refractivity contribution in [2.45, 2.75) is 25.5 Å². The van der Waals surface area contributed by atoms with Gasteiger partial charge >= 0.3 is 0 Å². The third kappa shape index (κ3) is 4.18. The van der Waals surface area contributed by atoms with E-state index in [0.29, 0.717) is 18.8 Å². The minimum atomic E-state index is -0.648. The Balaban J connectivity index is 1.44. The van der Waals surface area contributed by atoms with Gasteiger partial charge in [-0.15, -0.1) is 0 Å². The number of nitrogens with one attached hydrogen (secondary N) is 1. The van der Waals surface area contributed by atoms with Gasteiger partial charge < -0.3 is 25.1 Å².